The van der Waals surface area contributed by atoms with Gasteiger partial charge in [0.2, 0.25) is 5.89 Å². The van der Waals surface area contributed by atoms with Crippen LogP contribution in [-0.2, 0) is 11.3 Å². The van der Waals surface area contributed by atoms with Gasteiger partial charge in [-0.2, -0.15) is 0 Å². The van der Waals surface area contributed by atoms with Crippen molar-refractivity contribution in [3.8, 4) is 11.5 Å². The topological polar surface area (TPSA) is 69.8 Å². The van der Waals surface area contributed by atoms with Crippen molar-refractivity contribution >= 4 is 5.97 Å². The molecule has 0 bridgehead atoms. The van der Waals surface area contributed by atoms with Crippen molar-refractivity contribution < 1.29 is 18.7 Å². The first-order valence-electron chi connectivity index (χ1n) is 8.36. The van der Waals surface area contributed by atoms with Crippen LogP contribution in [0, 0.1) is 5.82 Å². The van der Waals surface area contributed by atoms with Crippen LogP contribution in [0.1, 0.15) is 18.5 Å². The van der Waals surface area contributed by atoms with Gasteiger partial charge in [0.25, 0.3) is 0 Å². The van der Waals surface area contributed by atoms with Crippen molar-refractivity contribution in [2.45, 2.75) is 25.4 Å². The van der Waals surface area contributed by atoms with Crippen LogP contribution in [0.5, 0.6) is 0 Å². The fourth-order valence-corrected chi connectivity index (χ4v) is 3.22. The van der Waals surface area contributed by atoms with E-state index in [4.69, 9.17) is 9.52 Å². The van der Waals surface area contributed by atoms with Gasteiger partial charge >= 0.3 is 5.97 Å². The molecule has 2 heterocycles. The fraction of sp³-hybridized carbons (Fsp3) is 0.444. The van der Waals surface area contributed by atoms with Crippen molar-refractivity contribution in [3.63, 3.8) is 0 Å². The van der Waals surface area contributed by atoms with E-state index in [2.05, 4.69) is 9.88 Å². The molecule has 1 aliphatic rings. The van der Waals surface area contributed by atoms with Gasteiger partial charge in [-0.05, 0) is 38.1 Å². The molecule has 0 atom stereocenters. The Bertz CT molecular complexity index is 726. The Labute approximate surface area is 145 Å². The molecule has 1 fully saturated rings. The average Bonchev–Trinajstić information content (AvgIpc) is 3.03. The van der Waals surface area contributed by atoms with E-state index in [1.807, 2.05) is 11.9 Å². The van der Waals surface area contributed by atoms with Crippen LogP contribution < -0.4 is 0 Å². The van der Waals surface area contributed by atoms with Crippen LogP contribution in [0.15, 0.2) is 34.9 Å². The molecule has 7 heteroatoms. The SMILES string of the molecule is CN(CC(=O)O)C1CCN(Cc2coc(-c3cccc(F)c3)n2)CC1. The third-order valence-corrected chi connectivity index (χ3v) is 4.57. The molecule has 0 amide bonds. The zero-order valence-corrected chi connectivity index (χ0v) is 14.2. The Morgan fingerprint density at radius 3 is 2.88 bits per heavy atom. The Hall–Kier alpha value is -2.25. The lowest BCUT2D eigenvalue weighted by Crippen LogP contribution is -2.44. The summed E-state index contributed by atoms with van der Waals surface area (Å²) in [5, 5.41) is 8.88. The Kier molecular flexibility index (Phi) is 5.45. The van der Waals surface area contributed by atoms with Gasteiger partial charge in [-0.15, -0.1) is 0 Å². The first-order chi connectivity index (χ1) is 12.0. The minimum absolute atomic E-state index is 0.0744. The number of likely N-dealkylation sites (tertiary alicyclic amines) is 1. The van der Waals surface area contributed by atoms with E-state index in [0.717, 1.165) is 31.6 Å². The second-order valence-corrected chi connectivity index (χ2v) is 6.47. The Balaban J connectivity index is 1.54. The smallest absolute Gasteiger partial charge is 0.317 e. The summed E-state index contributed by atoms with van der Waals surface area (Å²) in [4.78, 5) is 19.4. The lowest BCUT2D eigenvalue weighted by molar-refractivity contribution is -0.138. The van der Waals surface area contributed by atoms with Crippen molar-refractivity contribution in [1.29, 1.82) is 0 Å². The van der Waals surface area contributed by atoms with Gasteiger partial charge < -0.3 is 9.52 Å². The second kappa shape index (κ2) is 7.76. The zero-order valence-electron chi connectivity index (χ0n) is 14.2. The molecule has 1 aromatic heterocycles. The summed E-state index contributed by atoms with van der Waals surface area (Å²) in [5.74, 6) is -0.687. The maximum absolute atomic E-state index is 13.3. The molecule has 1 saturated heterocycles. The summed E-state index contributed by atoms with van der Waals surface area (Å²) in [6.45, 7) is 2.52. The molecular formula is C18H22FN3O3. The quantitative estimate of drug-likeness (QED) is 0.866. The van der Waals surface area contributed by atoms with E-state index in [-0.39, 0.29) is 12.4 Å². The summed E-state index contributed by atoms with van der Waals surface area (Å²) in [6, 6.07) is 6.49. The maximum Gasteiger partial charge on any atom is 0.317 e. The monoisotopic (exact) mass is 347 g/mol. The third-order valence-electron chi connectivity index (χ3n) is 4.57. The van der Waals surface area contributed by atoms with Crippen molar-refractivity contribution in [2.75, 3.05) is 26.7 Å². The standard InChI is InChI=1S/C18H22FN3O3/c1-21(11-17(23)24)16-5-7-22(8-6-16)10-15-12-25-18(20-15)13-3-2-4-14(19)9-13/h2-4,9,12,16H,5-8,10-11H2,1H3,(H,23,24). The predicted octanol–water partition coefficient (Wildman–Crippen LogP) is 2.46. The first-order valence-corrected chi connectivity index (χ1v) is 8.36. The normalized spacial score (nSPS) is 16.4. The third kappa shape index (κ3) is 4.64. The van der Waals surface area contributed by atoms with E-state index in [1.54, 1.807) is 18.4 Å². The highest BCUT2D eigenvalue weighted by Gasteiger charge is 2.24. The van der Waals surface area contributed by atoms with Crippen molar-refractivity contribution in [1.82, 2.24) is 14.8 Å². The van der Waals surface area contributed by atoms with Gasteiger partial charge in [-0.25, -0.2) is 9.37 Å². The number of carboxylic acid groups (broad SMARTS) is 1. The number of rotatable bonds is 6. The van der Waals surface area contributed by atoms with Crippen molar-refractivity contribution in [2.24, 2.45) is 0 Å². The van der Waals surface area contributed by atoms with E-state index in [9.17, 15) is 9.18 Å². The minimum atomic E-state index is -0.794. The number of aliphatic carboxylic acids is 1. The molecule has 1 aromatic carbocycles. The summed E-state index contributed by atoms with van der Waals surface area (Å²) >= 11 is 0. The number of carboxylic acids is 1. The summed E-state index contributed by atoms with van der Waals surface area (Å²) in [7, 11) is 1.86. The predicted molar refractivity (Wildman–Crippen MR) is 90.5 cm³/mol. The highest BCUT2D eigenvalue weighted by molar-refractivity contribution is 5.69. The van der Waals surface area contributed by atoms with Crippen LogP contribution in [0.4, 0.5) is 4.39 Å². The number of piperidine rings is 1. The Morgan fingerprint density at radius 2 is 2.20 bits per heavy atom. The number of oxazole rings is 1. The van der Waals surface area contributed by atoms with Crippen LogP contribution in [0.2, 0.25) is 0 Å². The number of benzene rings is 1. The van der Waals surface area contributed by atoms with Crippen LogP contribution in [-0.4, -0.2) is 58.6 Å². The molecule has 6 nitrogen and oxygen atoms in total. The van der Waals surface area contributed by atoms with Crippen LogP contribution in [0.25, 0.3) is 11.5 Å². The molecule has 134 valence electrons. The number of likely N-dealkylation sites (N-methyl/N-ethyl adjacent to an activating group) is 1. The number of hydrogen-bond acceptors (Lipinski definition) is 5. The lowest BCUT2D eigenvalue weighted by Gasteiger charge is -2.35. The van der Waals surface area contributed by atoms with Crippen LogP contribution in [0.3, 0.4) is 0 Å². The molecule has 1 aliphatic heterocycles. The molecule has 0 radical (unpaired) electrons. The molecule has 0 saturated carbocycles. The summed E-state index contributed by atoms with van der Waals surface area (Å²) in [5.41, 5.74) is 1.44. The van der Waals surface area contributed by atoms with Gasteiger partial charge in [0.05, 0.1) is 12.2 Å². The highest BCUT2D eigenvalue weighted by Crippen LogP contribution is 2.21. The molecule has 3 rings (SSSR count). The molecule has 0 aliphatic carbocycles. The van der Waals surface area contributed by atoms with E-state index in [1.165, 1.54) is 12.1 Å². The molecule has 25 heavy (non-hydrogen) atoms. The van der Waals surface area contributed by atoms with Gasteiger partial charge in [0.1, 0.15) is 12.1 Å². The lowest BCUT2D eigenvalue weighted by atomic mass is 10.0. The molecule has 0 spiro atoms. The Morgan fingerprint density at radius 1 is 1.44 bits per heavy atom. The van der Waals surface area contributed by atoms with Crippen molar-refractivity contribution in [3.05, 3.63) is 42.0 Å². The number of hydrogen-bond donors (Lipinski definition) is 1. The summed E-state index contributed by atoms with van der Waals surface area (Å²) in [6.07, 6.45) is 3.47. The van der Waals surface area contributed by atoms with Gasteiger partial charge in [-0.1, -0.05) is 6.07 Å². The zero-order chi connectivity index (χ0) is 17.8. The molecule has 2 aromatic rings. The fourth-order valence-electron chi connectivity index (χ4n) is 3.22. The first kappa shape index (κ1) is 17.6. The van der Waals surface area contributed by atoms with Gasteiger partial charge in [0.15, 0.2) is 0 Å². The summed E-state index contributed by atoms with van der Waals surface area (Å²) < 4.78 is 18.8. The number of halogens is 1. The van der Waals surface area contributed by atoms with Crippen LogP contribution >= 0.6 is 0 Å². The largest absolute Gasteiger partial charge is 0.480 e. The molecule has 1 N–H and O–H groups in total. The number of nitrogens with zero attached hydrogens (tertiary/aromatic N) is 3. The molecular weight excluding hydrogens is 325 g/mol. The number of carbonyl (C=O) groups is 1. The van der Waals surface area contributed by atoms with E-state index in [0.29, 0.717) is 24.0 Å². The van der Waals surface area contributed by atoms with E-state index >= 15 is 0 Å². The molecule has 0 unspecified atom stereocenters. The second-order valence-electron chi connectivity index (χ2n) is 6.47. The van der Waals surface area contributed by atoms with Gasteiger partial charge in [-0.3, -0.25) is 14.6 Å². The minimum Gasteiger partial charge on any atom is -0.480 e. The highest BCUT2D eigenvalue weighted by atomic mass is 19.1. The average molecular weight is 347 g/mol. The van der Waals surface area contributed by atoms with Gasteiger partial charge in [0, 0.05) is 31.2 Å². The maximum atomic E-state index is 13.3. The van der Waals surface area contributed by atoms with E-state index < -0.39 is 5.97 Å². The number of aromatic nitrogens is 1.